The Morgan fingerprint density at radius 2 is 1.45 bits per heavy atom. The van der Waals surface area contributed by atoms with E-state index in [4.69, 9.17) is 9.47 Å². The van der Waals surface area contributed by atoms with Crippen molar-refractivity contribution in [1.29, 1.82) is 0 Å². The molecule has 6 heteroatoms. The first-order valence-corrected chi connectivity index (χ1v) is 9.36. The maximum atomic E-state index is 12.1. The lowest BCUT2D eigenvalue weighted by Crippen LogP contribution is -2.30. The molecule has 3 aromatic rings. The predicted molar refractivity (Wildman–Crippen MR) is 116 cm³/mol. The third kappa shape index (κ3) is 5.90. The standard InChI is InChI=1S/C23H25N3O3/c1-28-21-13-8-17(16-22(21)29-2)14-15-24-23(27)26-20-11-9-19(10-12-20)25-18-6-4-3-5-7-18/h3-13,16,25H,14-15H2,1-2H3,(H2,24,26,27). The van der Waals surface area contributed by atoms with E-state index >= 15 is 0 Å². The third-order valence-electron chi connectivity index (χ3n) is 4.35. The fraction of sp³-hybridized carbons (Fsp3) is 0.174. The van der Waals surface area contributed by atoms with Gasteiger partial charge in [0.05, 0.1) is 14.2 Å². The first-order chi connectivity index (χ1) is 14.2. The molecule has 6 nitrogen and oxygen atoms in total. The van der Waals surface area contributed by atoms with E-state index in [-0.39, 0.29) is 6.03 Å². The van der Waals surface area contributed by atoms with Gasteiger partial charge < -0.3 is 25.4 Å². The highest BCUT2D eigenvalue weighted by molar-refractivity contribution is 5.89. The molecule has 0 aliphatic heterocycles. The van der Waals surface area contributed by atoms with Crippen LogP contribution in [0.2, 0.25) is 0 Å². The number of rotatable bonds is 8. The third-order valence-corrected chi connectivity index (χ3v) is 4.35. The van der Waals surface area contributed by atoms with Crippen molar-refractivity contribution in [2.24, 2.45) is 0 Å². The minimum absolute atomic E-state index is 0.241. The van der Waals surface area contributed by atoms with E-state index in [9.17, 15) is 4.79 Å². The molecule has 0 unspecified atom stereocenters. The number of hydrogen-bond donors (Lipinski definition) is 3. The molecule has 29 heavy (non-hydrogen) atoms. The van der Waals surface area contributed by atoms with Crippen LogP contribution in [0.1, 0.15) is 5.56 Å². The summed E-state index contributed by atoms with van der Waals surface area (Å²) < 4.78 is 10.5. The van der Waals surface area contributed by atoms with E-state index in [1.54, 1.807) is 14.2 Å². The van der Waals surface area contributed by atoms with E-state index in [1.807, 2.05) is 72.8 Å². The van der Waals surface area contributed by atoms with Gasteiger partial charge in [-0.05, 0) is 60.5 Å². The van der Waals surface area contributed by atoms with Crippen LogP contribution >= 0.6 is 0 Å². The average molecular weight is 391 g/mol. The molecule has 0 saturated heterocycles. The summed E-state index contributed by atoms with van der Waals surface area (Å²) in [7, 11) is 3.21. The van der Waals surface area contributed by atoms with Crippen molar-refractivity contribution < 1.29 is 14.3 Å². The minimum Gasteiger partial charge on any atom is -0.493 e. The van der Waals surface area contributed by atoms with Gasteiger partial charge in [-0.3, -0.25) is 0 Å². The molecule has 0 spiro atoms. The van der Waals surface area contributed by atoms with Crippen LogP contribution < -0.4 is 25.4 Å². The number of urea groups is 1. The van der Waals surface area contributed by atoms with Crippen molar-refractivity contribution in [2.45, 2.75) is 6.42 Å². The van der Waals surface area contributed by atoms with Crippen LogP contribution in [-0.4, -0.2) is 26.8 Å². The van der Waals surface area contributed by atoms with E-state index in [1.165, 1.54) is 0 Å². The smallest absolute Gasteiger partial charge is 0.319 e. The second-order valence-corrected chi connectivity index (χ2v) is 6.39. The number of anilines is 3. The number of carbonyl (C=O) groups excluding carboxylic acids is 1. The summed E-state index contributed by atoms with van der Waals surface area (Å²) in [5.74, 6) is 1.37. The molecule has 0 aromatic heterocycles. The van der Waals surface area contributed by atoms with Crippen LogP contribution in [0.15, 0.2) is 72.8 Å². The maximum Gasteiger partial charge on any atom is 0.319 e. The first kappa shape index (κ1) is 20.1. The van der Waals surface area contributed by atoms with Crippen molar-refractivity contribution in [1.82, 2.24) is 5.32 Å². The maximum absolute atomic E-state index is 12.1. The van der Waals surface area contributed by atoms with Gasteiger partial charge in [0, 0.05) is 23.6 Å². The van der Waals surface area contributed by atoms with Crippen molar-refractivity contribution in [3.63, 3.8) is 0 Å². The Morgan fingerprint density at radius 1 is 0.793 bits per heavy atom. The first-order valence-electron chi connectivity index (χ1n) is 9.36. The second-order valence-electron chi connectivity index (χ2n) is 6.39. The molecular formula is C23H25N3O3. The van der Waals surface area contributed by atoms with Crippen LogP contribution in [0.4, 0.5) is 21.9 Å². The molecule has 3 aromatic carbocycles. The van der Waals surface area contributed by atoms with Gasteiger partial charge in [-0.1, -0.05) is 24.3 Å². The van der Waals surface area contributed by atoms with E-state index in [2.05, 4.69) is 16.0 Å². The quantitative estimate of drug-likeness (QED) is 0.515. The summed E-state index contributed by atoms with van der Waals surface area (Å²) in [6.07, 6.45) is 0.688. The molecule has 0 heterocycles. The van der Waals surface area contributed by atoms with Gasteiger partial charge in [0.1, 0.15) is 0 Å². The highest BCUT2D eigenvalue weighted by Crippen LogP contribution is 2.27. The lowest BCUT2D eigenvalue weighted by atomic mass is 10.1. The predicted octanol–water partition coefficient (Wildman–Crippen LogP) is 4.81. The number of hydrogen-bond acceptors (Lipinski definition) is 4. The number of ether oxygens (including phenoxy) is 2. The second kappa shape index (κ2) is 10.0. The van der Waals surface area contributed by atoms with E-state index in [0.29, 0.717) is 24.5 Å². The Labute approximate surface area is 170 Å². The fourth-order valence-corrected chi connectivity index (χ4v) is 2.86. The zero-order chi connectivity index (χ0) is 20.5. The summed E-state index contributed by atoms with van der Waals surface area (Å²) >= 11 is 0. The Balaban J connectivity index is 1.46. The Bertz CT molecular complexity index is 928. The lowest BCUT2D eigenvalue weighted by molar-refractivity contribution is 0.252. The van der Waals surface area contributed by atoms with Gasteiger partial charge in [0.25, 0.3) is 0 Å². The molecule has 0 aliphatic carbocycles. The summed E-state index contributed by atoms with van der Waals surface area (Å²) in [6, 6.07) is 23.0. The Kier molecular flexibility index (Phi) is 6.95. The summed E-state index contributed by atoms with van der Waals surface area (Å²) in [5.41, 5.74) is 3.75. The molecule has 3 rings (SSSR count). The lowest BCUT2D eigenvalue weighted by Gasteiger charge is -2.11. The van der Waals surface area contributed by atoms with Crippen LogP contribution in [0.5, 0.6) is 11.5 Å². The highest BCUT2D eigenvalue weighted by Gasteiger charge is 2.06. The molecule has 2 amide bonds. The van der Waals surface area contributed by atoms with Gasteiger partial charge >= 0.3 is 6.03 Å². The van der Waals surface area contributed by atoms with Gasteiger partial charge in [-0.15, -0.1) is 0 Å². The number of para-hydroxylation sites is 1. The molecule has 3 N–H and O–H groups in total. The molecule has 0 fully saturated rings. The molecule has 0 saturated carbocycles. The highest BCUT2D eigenvalue weighted by atomic mass is 16.5. The molecule has 0 radical (unpaired) electrons. The van der Waals surface area contributed by atoms with Gasteiger partial charge in [-0.2, -0.15) is 0 Å². The number of methoxy groups -OCH3 is 2. The fourth-order valence-electron chi connectivity index (χ4n) is 2.86. The van der Waals surface area contributed by atoms with Crippen molar-refractivity contribution >= 4 is 23.1 Å². The van der Waals surface area contributed by atoms with E-state index < -0.39 is 0 Å². The van der Waals surface area contributed by atoms with Gasteiger partial charge in [-0.25, -0.2) is 4.79 Å². The largest absolute Gasteiger partial charge is 0.493 e. The molecule has 0 atom stereocenters. The van der Waals surface area contributed by atoms with Crippen molar-refractivity contribution in [2.75, 3.05) is 31.4 Å². The summed E-state index contributed by atoms with van der Waals surface area (Å²) in [4.78, 5) is 12.1. The number of nitrogens with one attached hydrogen (secondary N) is 3. The Morgan fingerprint density at radius 3 is 2.14 bits per heavy atom. The zero-order valence-corrected chi connectivity index (χ0v) is 16.6. The Hall–Kier alpha value is -3.67. The monoisotopic (exact) mass is 391 g/mol. The van der Waals surface area contributed by atoms with Crippen LogP contribution in [0, 0.1) is 0 Å². The van der Waals surface area contributed by atoms with Crippen molar-refractivity contribution in [3.8, 4) is 11.5 Å². The molecular weight excluding hydrogens is 366 g/mol. The van der Waals surface area contributed by atoms with Crippen LogP contribution in [0.25, 0.3) is 0 Å². The van der Waals surface area contributed by atoms with Gasteiger partial charge in [0.15, 0.2) is 11.5 Å². The van der Waals surface area contributed by atoms with Gasteiger partial charge in [0.2, 0.25) is 0 Å². The minimum atomic E-state index is -0.241. The number of benzene rings is 3. The molecule has 150 valence electrons. The summed E-state index contributed by atoms with van der Waals surface area (Å²) in [5, 5.41) is 9.01. The number of carbonyl (C=O) groups is 1. The SMILES string of the molecule is COc1ccc(CCNC(=O)Nc2ccc(Nc3ccccc3)cc2)cc1OC. The van der Waals surface area contributed by atoms with Crippen LogP contribution in [0.3, 0.4) is 0 Å². The zero-order valence-electron chi connectivity index (χ0n) is 16.6. The normalized spacial score (nSPS) is 10.1. The topological polar surface area (TPSA) is 71.6 Å². The average Bonchev–Trinajstić information content (AvgIpc) is 2.75. The van der Waals surface area contributed by atoms with E-state index in [0.717, 1.165) is 22.6 Å². The summed E-state index contributed by atoms with van der Waals surface area (Å²) in [6.45, 7) is 0.509. The number of amides is 2. The molecule has 0 aliphatic rings. The molecule has 0 bridgehead atoms. The van der Waals surface area contributed by atoms with Crippen LogP contribution in [-0.2, 0) is 6.42 Å². The van der Waals surface area contributed by atoms with Crippen molar-refractivity contribution in [3.05, 3.63) is 78.4 Å².